The Morgan fingerprint density at radius 1 is 1.44 bits per heavy atom. The Morgan fingerprint density at radius 2 is 2.11 bits per heavy atom. The Bertz CT molecular complexity index is 435. The number of non-ortho nitro benzene ring substituents is 1. The van der Waals surface area contributed by atoms with Crippen LogP contribution in [0.2, 0.25) is 0 Å². The van der Waals surface area contributed by atoms with Gasteiger partial charge in [0.05, 0.1) is 4.92 Å². The first-order valence-corrected chi connectivity index (χ1v) is 6.43. The molecule has 0 spiro atoms. The fraction of sp³-hybridized carbons (Fsp3) is 0.500. The van der Waals surface area contributed by atoms with Crippen LogP contribution in [0.15, 0.2) is 22.7 Å². The fourth-order valence-corrected chi connectivity index (χ4v) is 2.08. The van der Waals surface area contributed by atoms with Crippen LogP contribution in [0.1, 0.15) is 25.8 Å². The lowest BCUT2D eigenvalue weighted by atomic mass is 10.0. The molecule has 0 radical (unpaired) electrons. The average molecular weight is 317 g/mol. The first kappa shape index (κ1) is 15.1. The Kier molecular flexibility index (Phi) is 5.25. The predicted octanol–water partition coefficient (Wildman–Crippen LogP) is 2.61. The van der Waals surface area contributed by atoms with E-state index in [1.807, 2.05) is 19.9 Å². The van der Waals surface area contributed by atoms with Crippen molar-refractivity contribution in [2.45, 2.75) is 32.4 Å². The van der Waals surface area contributed by atoms with Gasteiger partial charge in [0.15, 0.2) is 0 Å². The van der Waals surface area contributed by atoms with Gasteiger partial charge in [-0.1, -0.05) is 15.9 Å². The highest BCUT2D eigenvalue weighted by Gasteiger charge is 2.16. The molecule has 0 unspecified atom stereocenters. The molecule has 2 N–H and O–H groups in total. The number of aliphatic hydroxyl groups excluding tert-OH is 1. The standard InChI is InChI=1S/C12H17BrN2O3/c1-12(2,3-4-16)14-8-9-5-10(13)7-11(6-9)15(17)18/h5-7,14,16H,3-4,8H2,1-2H3. The zero-order valence-electron chi connectivity index (χ0n) is 10.4. The maximum absolute atomic E-state index is 10.7. The number of rotatable bonds is 6. The minimum atomic E-state index is -0.410. The van der Waals surface area contributed by atoms with Gasteiger partial charge < -0.3 is 10.4 Å². The number of nitrogens with one attached hydrogen (secondary N) is 1. The van der Waals surface area contributed by atoms with Crippen molar-refractivity contribution in [1.82, 2.24) is 5.32 Å². The second-order valence-corrected chi connectivity index (χ2v) is 5.70. The van der Waals surface area contributed by atoms with Gasteiger partial charge in [0.1, 0.15) is 0 Å². The second kappa shape index (κ2) is 6.26. The number of nitro benzene ring substituents is 1. The third-order valence-corrected chi connectivity index (χ3v) is 3.12. The van der Waals surface area contributed by atoms with Crippen LogP contribution in [0.3, 0.4) is 0 Å². The fourth-order valence-electron chi connectivity index (χ4n) is 1.55. The number of hydrogen-bond donors (Lipinski definition) is 2. The van der Waals surface area contributed by atoms with Gasteiger partial charge in [-0.3, -0.25) is 10.1 Å². The number of benzene rings is 1. The number of nitrogens with zero attached hydrogens (tertiary/aromatic N) is 1. The molecule has 100 valence electrons. The van der Waals surface area contributed by atoms with E-state index in [0.717, 1.165) is 5.56 Å². The molecule has 1 aromatic carbocycles. The molecule has 0 atom stereocenters. The Morgan fingerprint density at radius 3 is 2.67 bits per heavy atom. The lowest BCUT2D eigenvalue weighted by molar-refractivity contribution is -0.385. The van der Waals surface area contributed by atoms with E-state index >= 15 is 0 Å². The number of aliphatic hydroxyl groups is 1. The molecule has 0 bridgehead atoms. The van der Waals surface area contributed by atoms with E-state index in [9.17, 15) is 10.1 Å². The van der Waals surface area contributed by atoms with Crippen molar-refractivity contribution >= 4 is 21.6 Å². The molecule has 0 aliphatic heterocycles. The van der Waals surface area contributed by atoms with Gasteiger partial charge in [0, 0.05) is 35.3 Å². The summed E-state index contributed by atoms with van der Waals surface area (Å²) in [7, 11) is 0. The normalized spacial score (nSPS) is 11.6. The summed E-state index contributed by atoms with van der Waals surface area (Å²) in [4.78, 5) is 10.3. The molecule has 0 amide bonds. The minimum absolute atomic E-state index is 0.0705. The summed E-state index contributed by atoms with van der Waals surface area (Å²) < 4.78 is 0.688. The molecule has 1 aromatic rings. The van der Waals surface area contributed by atoms with Gasteiger partial charge in [0.25, 0.3) is 5.69 Å². The molecule has 0 fully saturated rings. The van der Waals surface area contributed by atoms with Crippen LogP contribution in [0.4, 0.5) is 5.69 Å². The van der Waals surface area contributed by atoms with Gasteiger partial charge in [-0.25, -0.2) is 0 Å². The van der Waals surface area contributed by atoms with Crippen LogP contribution in [-0.4, -0.2) is 22.2 Å². The van der Waals surface area contributed by atoms with Crippen LogP contribution in [0.5, 0.6) is 0 Å². The molecular weight excluding hydrogens is 300 g/mol. The van der Waals surface area contributed by atoms with Crippen molar-refractivity contribution in [2.24, 2.45) is 0 Å². The molecule has 0 saturated heterocycles. The first-order valence-electron chi connectivity index (χ1n) is 5.64. The van der Waals surface area contributed by atoms with Crippen molar-refractivity contribution in [3.63, 3.8) is 0 Å². The number of nitro groups is 1. The zero-order chi connectivity index (χ0) is 13.8. The van der Waals surface area contributed by atoms with Crippen LogP contribution in [0.25, 0.3) is 0 Å². The molecule has 18 heavy (non-hydrogen) atoms. The van der Waals surface area contributed by atoms with E-state index in [4.69, 9.17) is 5.11 Å². The van der Waals surface area contributed by atoms with Gasteiger partial charge in [-0.2, -0.15) is 0 Å². The highest BCUT2D eigenvalue weighted by atomic mass is 79.9. The van der Waals surface area contributed by atoms with Crippen molar-refractivity contribution in [1.29, 1.82) is 0 Å². The summed E-state index contributed by atoms with van der Waals surface area (Å²) in [6, 6.07) is 4.87. The summed E-state index contributed by atoms with van der Waals surface area (Å²) >= 11 is 3.26. The molecule has 5 nitrogen and oxygen atoms in total. The predicted molar refractivity (Wildman–Crippen MR) is 73.4 cm³/mol. The quantitative estimate of drug-likeness (QED) is 0.625. The van der Waals surface area contributed by atoms with E-state index in [0.29, 0.717) is 17.4 Å². The Labute approximate surface area is 114 Å². The van der Waals surface area contributed by atoms with E-state index in [2.05, 4.69) is 21.2 Å². The zero-order valence-corrected chi connectivity index (χ0v) is 12.0. The number of hydrogen-bond acceptors (Lipinski definition) is 4. The molecule has 6 heteroatoms. The van der Waals surface area contributed by atoms with Crippen molar-refractivity contribution in [2.75, 3.05) is 6.61 Å². The summed E-state index contributed by atoms with van der Waals surface area (Å²) in [5.74, 6) is 0. The maximum atomic E-state index is 10.7. The minimum Gasteiger partial charge on any atom is -0.396 e. The lowest BCUT2D eigenvalue weighted by Gasteiger charge is -2.25. The summed E-state index contributed by atoms with van der Waals surface area (Å²) in [5, 5.41) is 22.9. The second-order valence-electron chi connectivity index (χ2n) is 4.79. The molecule has 0 heterocycles. The third-order valence-electron chi connectivity index (χ3n) is 2.66. The topological polar surface area (TPSA) is 75.4 Å². The smallest absolute Gasteiger partial charge is 0.270 e. The molecule has 1 rings (SSSR count). The van der Waals surface area contributed by atoms with Gasteiger partial charge >= 0.3 is 0 Å². The van der Waals surface area contributed by atoms with E-state index < -0.39 is 4.92 Å². The SMILES string of the molecule is CC(C)(CCO)NCc1cc(Br)cc([N+](=O)[O-])c1. The number of halogens is 1. The molecular formula is C12H17BrN2O3. The summed E-state index contributed by atoms with van der Waals surface area (Å²) in [6.07, 6.45) is 0.628. The van der Waals surface area contributed by atoms with Crippen LogP contribution < -0.4 is 5.32 Å². The summed E-state index contributed by atoms with van der Waals surface area (Å²) in [6.45, 7) is 4.59. The van der Waals surface area contributed by atoms with Crippen molar-refractivity contribution < 1.29 is 10.0 Å². The molecule has 0 aliphatic rings. The van der Waals surface area contributed by atoms with E-state index in [-0.39, 0.29) is 17.8 Å². The van der Waals surface area contributed by atoms with E-state index in [1.54, 1.807) is 6.07 Å². The monoisotopic (exact) mass is 316 g/mol. The largest absolute Gasteiger partial charge is 0.396 e. The first-order chi connectivity index (χ1) is 8.34. The molecule has 0 aromatic heterocycles. The Balaban J connectivity index is 2.76. The van der Waals surface area contributed by atoms with Gasteiger partial charge in [0.2, 0.25) is 0 Å². The van der Waals surface area contributed by atoms with Crippen molar-refractivity contribution in [3.8, 4) is 0 Å². The lowest BCUT2D eigenvalue weighted by Crippen LogP contribution is -2.39. The van der Waals surface area contributed by atoms with E-state index in [1.165, 1.54) is 6.07 Å². The van der Waals surface area contributed by atoms with Crippen LogP contribution in [-0.2, 0) is 6.54 Å². The Hall–Kier alpha value is -0.980. The summed E-state index contributed by atoms with van der Waals surface area (Å²) in [5.41, 5.74) is 0.703. The molecule has 0 saturated carbocycles. The molecule has 0 aliphatic carbocycles. The van der Waals surface area contributed by atoms with Gasteiger partial charge in [-0.05, 0) is 31.9 Å². The van der Waals surface area contributed by atoms with Crippen molar-refractivity contribution in [3.05, 3.63) is 38.3 Å². The highest BCUT2D eigenvalue weighted by Crippen LogP contribution is 2.22. The maximum Gasteiger partial charge on any atom is 0.270 e. The van der Waals surface area contributed by atoms with Crippen LogP contribution >= 0.6 is 15.9 Å². The average Bonchev–Trinajstić information content (AvgIpc) is 2.26. The third kappa shape index (κ3) is 4.72. The van der Waals surface area contributed by atoms with Crippen LogP contribution in [0, 0.1) is 10.1 Å². The van der Waals surface area contributed by atoms with Gasteiger partial charge in [-0.15, -0.1) is 0 Å². The highest BCUT2D eigenvalue weighted by molar-refractivity contribution is 9.10.